The van der Waals surface area contributed by atoms with E-state index in [1.807, 2.05) is 0 Å². The number of hydrogen-bond acceptors (Lipinski definition) is 8. The molecule has 1 aromatic carbocycles. The molecule has 10 nitrogen and oxygen atoms in total. The van der Waals surface area contributed by atoms with Crippen molar-refractivity contribution in [3.63, 3.8) is 0 Å². The predicted octanol–water partition coefficient (Wildman–Crippen LogP) is 2.99. The van der Waals surface area contributed by atoms with Crippen molar-refractivity contribution < 1.29 is 33.5 Å². The van der Waals surface area contributed by atoms with Crippen LogP contribution >= 0.6 is 0 Å². The molecule has 0 spiro atoms. The van der Waals surface area contributed by atoms with Gasteiger partial charge in [0.05, 0.1) is 29.1 Å². The highest BCUT2D eigenvalue weighted by Crippen LogP contribution is 2.31. The molecule has 0 saturated heterocycles. The Morgan fingerprint density at radius 2 is 1.80 bits per heavy atom. The summed E-state index contributed by atoms with van der Waals surface area (Å²) in [6, 6.07) is 4.33. The zero-order valence-corrected chi connectivity index (χ0v) is 17.4. The van der Waals surface area contributed by atoms with E-state index in [0.717, 1.165) is 0 Å². The molecule has 10 heteroatoms. The van der Waals surface area contributed by atoms with Crippen LogP contribution in [0.25, 0.3) is 0 Å². The Balaban J connectivity index is 2.11. The average Bonchev–Trinajstić information content (AvgIpc) is 3.02. The lowest BCUT2D eigenvalue weighted by atomic mass is 10.1. The highest BCUT2D eigenvalue weighted by molar-refractivity contribution is 5.90. The van der Waals surface area contributed by atoms with Crippen LogP contribution in [0.3, 0.4) is 0 Å². The van der Waals surface area contributed by atoms with Crippen LogP contribution in [0.2, 0.25) is 0 Å². The molecule has 30 heavy (non-hydrogen) atoms. The Morgan fingerprint density at radius 3 is 2.33 bits per heavy atom. The fourth-order valence-electron chi connectivity index (χ4n) is 3.12. The largest absolute Gasteiger partial charge is 0.466 e. The third kappa shape index (κ3) is 6.43. The number of alkyl carbamates (subject to hydrolysis) is 1. The molecular formula is C20H26N2O8. The molecular weight excluding hydrogens is 396 g/mol. The second-order valence-electron chi connectivity index (χ2n) is 7.92. The summed E-state index contributed by atoms with van der Waals surface area (Å²) >= 11 is 0. The number of hydrogen-bond donors (Lipinski definition) is 1. The monoisotopic (exact) mass is 422 g/mol. The molecule has 1 fully saturated rings. The second kappa shape index (κ2) is 9.55. The number of rotatable bonds is 6. The maximum Gasteiger partial charge on any atom is 0.408 e. The first-order chi connectivity index (χ1) is 14.0. The summed E-state index contributed by atoms with van der Waals surface area (Å²) in [7, 11) is 0. The molecule has 164 valence electrons. The van der Waals surface area contributed by atoms with Crippen molar-refractivity contribution in [2.75, 3.05) is 6.61 Å². The van der Waals surface area contributed by atoms with Crippen molar-refractivity contribution in [1.82, 2.24) is 5.32 Å². The van der Waals surface area contributed by atoms with Gasteiger partial charge in [-0.2, -0.15) is 0 Å². The van der Waals surface area contributed by atoms with Crippen molar-refractivity contribution in [3.05, 3.63) is 39.9 Å². The van der Waals surface area contributed by atoms with Gasteiger partial charge in [0.15, 0.2) is 0 Å². The fourth-order valence-corrected chi connectivity index (χ4v) is 3.12. The van der Waals surface area contributed by atoms with Crippen LogP contribution in [0, 0.1) is 16.0 Å². The van der Waals surface area contributed by atoms with Gasteiger partial charge in [-0.05, 0) is 52.7 Å². The lowest BCUT2D eigenvalue weighted by molar-refractivity contribution is -0.384. The Bertz CT molecular complexity index is 800. The Labute approximate surface area is 174 Å². The Hall–Kier alpha value is -3.17. The quantitative estimate of drug-likeness (QED) is 0.320. The summed E-state index contributed by atoms with van der Waals surface area (Å²) < 4.78 is 15.8. The molecule has 2 rings (SSSR count). The molecule has 3 unspecified atom stereocenters. The number of nitro benzene ring substituents is 1. The smallest absolute Gasteiger partial charge is 0.408 e. The molecule has 0 aromatic heterocycles. The van der Waals surface area contributed by atoms with E-state index in [1.165, 1.54) is 24.3 Å². The molecule has 0 heterocycles. The van der Waals surface area contributed by atoms with Crippen LogP contribution in [0.4, 0.5) is 10.5 Å². The summed E-state index contributed by atoms with van der Waals surface area (Å²) in [5, 5.41) is 13.4. The number of nitro groups is 1. The standard InChI is InChI=1S/C20H26N2O8/c1-5-28-17(23)13-10-15(21-19(25)30-20(2,3)4)16(11-13)29-18(24)12-6-8-14(9-7-12)22(26)27/h6-9,13,15-16H,5,10-11H2,1-4H3,(H,21,25). The van der Waals surface area contributed by atoms with Gasteiger partial charge in [-0.15, -0.1) is 0 Å². The van der Waals surface area contributed by atoms with E-state index in [9.17, 15) is 24.5 Å². The number of nitrogens with one attached hydrogen (secondary N) is 1. The number of benzene rings is 1. The molecule has 1 aliphatic carbocycles. The Morgan fingerprint density at radius 1 is 1.17 bits per heavy atom. The van der Waals surface area contributed by atoms with E-state index >= 15 is 0 Å². The number of carbonyl (C=O) groups is 3. The first kappa shape index (κ1) is 23.1. The van der Waals surface area contributed by atoms with Crippen LogP contribution in [-0.2, 0) is 19.0 Å². The fraction of sp³-hybridized carbons (Fsp3) is 0.550. The minimum atomic E-state index is -0.783. The number of non-ortho nitro benzene ring substituents is 1. The number of ether oxygens (including phenoxy) is 3. The van der Waals surface area contributed by atoms with Gasteiger partial charge >= 0.3 is 18.0 Å². The summed E-state index contributed by atoms with van der Waals surface area (Å²) in [6.45, 7) is 7.06. The predicted molar refractivity (Wildman–Crippen MR) is 105 cm³/mol. The van der Waals surface area contributed by atoms with Gasteiger partial charge in [0.25, 0.3) is 5.69 Å². The van der Waals surface area contributed by atoms with Crippen LogP contribution in [-0.4, -0.2) is 47.3 Å². The molecule has 1 aliphatic rings. The first-order valence-corrected chi connectivity index (χ1v) is 9.61. The van der Waals surface area contributed by atoms with Crippen LogP contribution in [0.15, 0.2) is 24.3 Å². The normalized spacial score (nSPS) is 20.9. The van der Waals surface area contributed by atoms with Crippen molar-refractivity contribution in [1.29, 1.82) is 0 Å². The van der Waals surface area contributed by atoms with Gasteiger partial charge in [-0.1, -0.05) is 0 Å². The van der Waals surface area contributed by atoms with Crippen LogP contribution in [0.1, 0.15) is 50.9 Å². The third-order valence-corrected chi connectivity index (χ3v) is 4.40. The average molecular weight is 422 g/mol. The van der Waals surface area contributed by atoms with Gasteiger partial charge in [-0.3, -0.25) is 14.9 Å². The number of amides is 1. The molecule has 1 aromatic rings. The van der Waals surface area contributed by atoms with E-state index in [1.54, 1.807) is 27.7 Å². The van der Waals surface area contributed by atoms with E-state index in [0.29, 0.717) is 0 Å². The van der Waals surface area contributed by atoms with E-state index in [4.69, 9.17) is 14.2 Å². The van der Waals surface area contributed by atoms with Gasteiger partial charge in [0.1, 0.15) is 11.7 Å². The number of esters is 2. The minimum absolute atomic E-state index is 0.121. The first-order valence-electron chi connectivity index (χ1n) is 9.61. The van der Waals surface area contributed by atoms with Gasteiger partial charge in [0.2, 0.25) is 0 Å². The molecule has 1 N–H and O–H groups in total. The van der Waals surface area contributed by atoms with Crippen LogP contribution < -0.4 is 5.32 Å². The lowest BCUT2D eigenvalue weighted by Crippen LogP contribution is -2.44. The summed E-state index contributed by atoms with van der Waals surface area (Å²) in [5.74, 6) is -1.68. The third-order valence-electron chi connectivity index (χ3n) is 4.40. The summed E-state index contributed by atoms with van der Waals surface area (Å²) in [4.78, 5) is 47.0. The molecule has 1 saturated carbocycles. The number of nitrogens with zero attached hydrogens (tertiary/aromatic N) is 1. The molecule has 0 bridgehead atoms. The van der Waals surface area contributed by atoms with Gasteiger partial charge < -0.3 is 19.5 Å². The summed E-state index contributed by atoms with van der Waals surface area (Å²) in [5.41, 5.74) is -0.746. The minimum Gasteiger partial charge on any atom is -0.466 e. The maximum atomic E-state index is 12.5. The van der Waals surface area contributed by atoms with Crippen molar-refractivity contribution in [2.24, 2.45) is 5.92 Å². The van der Waals surface area contributed by atoms with Crippen molar-refractivity contribution in [2.45, 2.75) is 58.3 Å². The maximum absolute atomic E-state index is 12.5. The zero-order chi connectivity index (χ0) is 22.5. The lowest BCUT2D eigenvalue weighted by Gasteiger charge is -2.24. The Kier molecular flexibility index (Phi) is 7.36. The van der Waals surface area contributed by atoms with E-state index < -0.39 is 46.6 Å². The molecule has 0 radical (unpaired) electrons. The van der Waals surface area contributed by atoms with Gasteiger partial charge in [-0.25, -0.2) is 9.59 Å². The molecule has 3 atom stereocenters. The highest BCUT2D eigenvalue weighted by atomic mass is 16.6. The topological polar surface area (TPSA) is 134 Å². The highest BCUT2D eigenvalue weighted by Gasteiger charge is 2.42. The van der Waals surface area contributed by atoms with Crippen molar-refractivity contribution >= 4 is 23.7 Å². The van der Waals surface area contributed by atoms with Crippen molar-refractivity contribution in [3.8, 4) is 0 Å². The molecule has 0 aliphatic heterocycles. The van der Waals surface area contributed by atoms with E-state index in [-0.39, 0.29) is 30.7 Å². The molecule has 1 amide bonds. The summed E-state index contributed by atoms with van der Waals surface area (Å²) in [6.07, 6.45) is -1.06. The number of carbonyl (C=O) groups excluding carboxylic acids is 3. The zero-order valence-electron chi connectivity index (χ0n) is 17.4. The van der Waals surface area contributed by atoms with Gasteiger partial charge in [0, 0.05) is 12.1 Å². The second-order valence-corrected chi connectivity index (χ2v) is 7.92. The SMILES string of the molecule is CCOC(=O)C1CC(NC(=O)OC(C)(C)C)C(OC(=O)c2ccc([N+](=O)[O-])cc2)C1. The van der Waals surface area contributed by atoms with Crippen LogP contribution in [0.5, 0.6) is 0 Å². The van der Waals surface area contributed by atoms with E-state index in [2.05, 4.69) is 5.32 Å².